The van der Waals surface area contributed by atoms with E-state index in [-0.39, 0.29) is 17.6 Å². The summed E-state index contributed by atoms with van der Waals surface area (Å²) in [6.45, 7) is 6.90. The molecule has 2 rings (SSSR count). The fourth-order valence-corrected chi connectivity index (χ4v) is 4.28. The number of carbonyl (C=O) groups is 2. The molecule has 2 aromatic carbocycles. The number of ether oxygens (including phenoxy) is 1. The minimum Gasteiger partial charge on any atom is -0.497 e. The van der Waals surface area contributed by atoms with Crippen molar-refractivity contribution in [3.8, 4) is 5.75 Å². The van der Waals surface area contributed by atoms with Gasteiger partial charge in [0.15, 0.2) is 0 Å². The van der Waals surface area contributed by atoms with Gasteiger partial charge in [-0.3, -0.25) is 9.59 Å². The van der Waals surface area contributed by atoms with Gasteiger partial charge in [-0.05, 0) is 41.7 Å². The van der Waals surface area contributed by atoms with Crippen molar-refractivity contribution < 1.29 is 14.3 Å². The molecule has 0 aliphatic carbocycles. The first-order chi connectivity index (χ1) is 15.3. The molecule has 0 spiro atoms. The van der Waals surface area contributed by atoms with Crippen LogP contribution in [0.3, 0.4) is 0 Å². The van der Waals surface area contributed by atoms with Gasteiger partial charge in [-0.25, -0.2) is 0 Å². The second-order valence-corrected chi connectivity index (χ2v) is 9.41. The Morgan fingerprint density at radius 2 is 1.81 bits per heavy atom. The predicted octanol–water partition coefficient (Wildman–Crippen LogP) is 5.16. The summed E-state index contributed by atoms with van der Waals surface area (Å²) in [7, 11) is 1.64. The van der Waals surface area contributed by atoms with Gasteiger partial charge in [0.2, 0.25) is 11.8 Å². The Morgan fingerprint density at radius 1 is 1.12 bits per heavy atom. The van der Waals surface area contributed by atoms with Gasteiger partial charge in [-0.2, -0.15) is 0 Å². The molecule has 0 unspecified atom stereocenters. The van der Waals surface area contributed by atoms with Crippen LogP contribution in [0.15, 0.2) is 48.5 Å². The van der Waals surface area contributed by atoms with Crippen LogP contribution in [0, 0.1) is 5.92 Å². The van der Waals surface area contributed by atoms with E-state index in [1.807, 2.05) is 63.2 Å². The molecule has 0 radical (unpaired) electrons. The molecule has 0 saturated heterocycles. The van der Waals surface area contributed by atoms with Gasteiger partial charge >= 0.3 is 0 Å². The van der Waals surface area contributed by atoms with Crippen LogP contribution < -0.4 is 10.1 Å². The molecular weight excluding hydrogens is 444 g/mol. The van der Waals surface area contributed by atoms with Crippen LogP contribution >= 0.6 is 23.4 Å². The highest BCUT2D eigenvalue weighted by Gasteiger charge is 2.29. The predicted molar refractivity (Wildman–Crippen MR) is 133 cm³/mol. The quantitative estimate of drug-likeness (QED) is 0.459. The van der Waals surface area contributed by atoms with Crippen LogP contribution in [0.2, 0.25) is 5.02 Å². The van der Waals surface area contributed by atoms with E-state index in [1.54, 1.807) is 18.1 Å². The van der Waals surface area contributed by atoms with Crippen molar-refractivity contribution in [2.45, 2.75) is 45.5 Å². The molecule has 0 saturated carbocycles. The smallest absolute Gasteiger partial charge is 0.242 e. The summed E-state index contributed by atoms with van der Waals surface area (Å²) < 4.78 is 5.19. The highest BCUT2D eigenvalue weighted by atomic mass is 35.5. The van der Waals surface area contributed by atoms with E-state index in [2.05, 4.69) is 5.32 Å². The average molecular weight is 477 g/mol. The number of halogens is 1. The van der Waals surface area contributed by atoms with E-state index >= 15 is 0 Å². The second kappa shape index (κ2) is 13.4. The number of amides is 2. The molecular formula is C25H33ClN2O3S. The third-order valence-electron chi connectivity index (χ3n) is 5.02. The molecule has 32 heavy (non-hydrogen) atoms. The van der Waals surface area contributed by atoms with E-state index in [9.17, 15) is 9.59 Å². The molecule has 0 fully saturated rings. The van der Waals surface area contributed by atoms with Crippen LogP contribution in [-0.2, 0) is 21.9 Å². The van der Waals surface area contributed by atoms with Crippen LogP contribution in [0.5, 0.6) is 5.75 Å². The largest absolute Gasteiger partial charge is 0.497 e. The Hall–Kier alpha value is -2.18. The second-order valence-electron chi connectivity index (χ2n) is 8.02. The van der Waals surface area contributed by atoms with Crippen LogP contribution in [0.4, 0.5) is 0 Å². The van der Waals surface area contributed by atoms with Gasteiger partial charge in [0.05, 0.1) is 12.9 Å². The van der Waals surface area contributed by atoms with Gasteiger partial charge in [-0.15, -0.1) is 11.8 Å². The van der Waals surface area contributed by atoms with Gasteiger partial charge in [-0.1, -0.05) is 62.7 Å². The first-order valence-corrected chi connectivity index (χ1v) is 12.4. The average Bonchev–Trinajstić information content (AvgIpc) is 2.79. The van der Waals surface area contributed by atoms with E-state index < -0.39 is 6.04 Å². The minimum absolute atomic E-state index is 0.0741. The normalized spacial score (nSPS) is 11.8. The molecule has 2 amide bonds. The Labute approximate surface area is 200 Å². The summed E-state index contributed by atoms with van der Waals surface area (Å²) in [6.07, 6.45) is 0.531. The molecule has 0 aromatic heterocycles. The number of benzene rings is 2. The standard InChI is InChI=1S/C25H33ClN2O3S/c1-5-23(25(30)27-14-18(2)3)28(15-20-8-6-7-9-22(20)26)24(29)17-32-16-19-10-12-21(31-4)13-11-19/h6-13,18,23H,5,14-17H2,1-4H3,(H,27,30)/t23-/m0/s1. The van der Waals surface area contributed by atoms with Gasteiger partial charge in [0, 0.05) is 23.9 Å². The van der Waals surface area contributed by atoms with Crippen LogP contribution in [0.1, 0.15) is 38.3 Å². The van der Waals surface area contributed by atoms with Gasteiger partial charge in [0.25, 0.3) is 0 Å². The van der Waals surface area contributed by atoms with E-state index in [1.165, 1.54) is 11.8 Å². The summed E-state index contributed by atoms with van der Waals surface area (Å²) in [5, 5.41) is 3.57. The number of thioether (sulfide) groups is 1. The van der Waals surface area contributed by atoms with Gasteiger partial charge < -0.3 is 15.0 Å². The monoisotopic (exact) mass is 476 g/mol. The third-order valence-corrected chi connectivity index (χ3v) is 6.38. The lowest BCUT2D eigenvalue weighted by molar-refractivity contribution is -0.139. The van der Waals surface area contributed by atoms with Crippen molar-refractivity contribution in [2.75, 3.05) is 19.4 Å². The van der Waals surface area contributed by atoms with Crippen LogP contribution in [-0.4, -0.2) is 42.2 Å². The summed E-state index contributed by atoms with van der Waals surface area (Å²) in [4.78, 5) is 27.8. The number of carbonyl (C=O) groups excluding carboxylic acids is 2. The van der Waals surface area contributed by atoms with Crippen molar-refractivity contribution in [2.24, 2.45) is 5.92 Å². The maximum Gasteiger partial charge on any atom is 0.242 e. The van der Waals surface area contributed by atoms with E-state index in [4.69, 9.17) is 16.3 Å². The molecule has 174 valence electrons. The number of rotatable bonds is 12. The molecule has 7 heteroatoms. The lowest BCUT2D eigenvalue weighted by Gasteiger charge is -2.31. The summed E-state index contributed by atoms with van der Waals surface area (Å²) in [5.74, 6) is 1.93. The molecule has 0 aliphatic rings. The number of nitrogens with one attached hydrogen (secondary N) is 1. The first kappa shape index (κ1) is 26.1. The number of nitrogens with zero attached hydrogens (tertiary/aromatic N) is 1. The molecule has 5 nitrogen and oxygen atoms in total. The van der Waals surface area contributed by atoms with Crippen molar-refractivity contribution in [3.63, 3.8) is 0 Å². The lowest BCUT2D eigenvalue weighted by Crippen LogP contribution is -2.50. The van der Waals surface area contributed by atoms with Crippen molar-refractivity contribution in [1.29, 1.82) is 0 Å². The summed E-state index contributed by atoms with van der Waals surface area (Å²) in [6, 6.07) is 14.7. The molecule has 0 heterocycles. The molecule has 0 bridgehead atoms. The van der Waals surface area contributed by atoms with Crippen molar-refractivity contribution >= 4 is 35.2 Å². The fraction of sp³-hybridized carbons (Fsp3) is 0.440. The minimum atomic E-state index is -0.542. The van der Waals surface area contributed by atoms with E-state index in [0.717, 1.165) is 16.9 Å². The summed E-state index contributed by atoms with van der Waals surface area (Å²) >= 11 is 7.89. The number of hydrogen-bond acceptors (Lipinski definition) is 4. The maximum atomic E-state index is 13.3. The zero-order valence-electron chi connectivity index (χ0n) is 19.3. The van der Waals surface area contributed by atoms with E-state index in [0.29, 0.717) is 36.2 Å². The SMILES string of the molecule is CC[C@@H](C(=O)NCC(C)C)N(Cc1ccccc1Cl)C(=O)CSCc1ccc(OC)cc1. The summed E-state index contributed by atoms with van der Waals surface area (Å²) in [5.41, 5.74) is 1.95. The van der Waals surface area contributed by atoms with Crippen molar-refractivity contribution in [1.82, 2.24) is 10.2 Å². The maximum absolute atomic E-state index is 13.3. The number of methoxy groups -OCH3 is 1. The fourth-order valence-electron chi connectivity index (χ4n) is 3.21. The Bertz CT molecular complexity index is 874. The van der Waals surface area contributed by atoms with Crippen molar-refractivity contribution in [3.05, 3.63) is 64.7 Å². The Morgan fingerprint density at radius 3 is 2.41 bits per heavy atom. The highest BCUT2D eigenvalue weighted by molar-refractivity contribution is 7.99. The highest BCUT2D eigenvalue weighted by Crippen LogP contribution is 2.22. The molecule has 1 atom stereocenters. The van der Waals surface area contributed by atoms with Crippen LogP contribution in [0.25, 0.3) is 0 Å². The lowest BCUT2D eigenvalue weighted by atomic mass is 10.1. The Balaban J connectivity index is 2.11. The number of hydrogen-bond donors (Lipinski definition) is 1. The first-order valence-electron chi connectivity index (χ1n) is 10.9. The topological polar surface area (TPSA) is 58.6 Å². The Kier molecular flexibility index (Phi) is 10.9. The molecule has 2 aromatic rings. The van der Waals surface area contributed by atoms with Gasteiger partial charge in [0.1, 0.15) is 11.8 Å². The zero-order chi connectivity index (χ0) is 23.5. The molecule has 0 aliphatic heterocycles. The molecule has 1 N–H and O–H groups in total. The zero-order valence-corrected chi connectivity index (χ0v) is 20.8. The third kappa shape index (κ3) is 8.06.